The van der Waals surface area contributed by atoms with Crippen LogP contribution in [0.4, 0.5) is 0 Å². The van der Waals surface area contributed by atoms with Crippen LogP contribution < -0.4 is 4.74 Å². The molecule has 1 N–H and O–H groups in total. The van der Waals surface area contributed by atoms with E-state index in [9.17, 15) is 5.11 Å². The average molecular weight is 536 g/mol. The van der Waals surface area contributed by atoms with E-state index in [1.54, 1.807) is 12.1 Å². The van der Waals surface area contributed by atoms with Gasteiger partial charge in [-0.05, 0) is 75.6 Å². The number of hydrogen-bond acceptors (Lipinski definition) is 2. The van der Waals surface area contributed by atoms with Crippen molar-refractivity contribution in [1.29, 1.82) is 0 Å². The van der Waals surface area contributed by atoms with Crippen LogP contribution >= 0.6 is 31.9 Å². The monoisotopic (exact) mass is 534 g/mol. The van der Waals surface area contributed by atoms with Crippen molar-refractivity contribution < 1.29 is 9.84 Å². The maximum Gasteiger partial charge on any atom is 0.120 e. The minimum absolute atomic E-state index is 0.310. The summed E-state index contributed by atoms with van der Waals surface area (Å²) < 4.78 is 7.97. The standard InChI is InChI=1S/C17H13BrO.C10H7BrO/c18-16-8-6-15-11-17(9-7-14(15)10-16)19-12-13-4-2-1-3-5-13;11-9-3-1-8-6-10(12)4-2-7(8)5-9/h1-11H,12H2;1-6,12H. The van der Waals surface area contributed by atoms with Crippen molar-refractivity contribution in [2.75, 3.05) is 0 Å². The van der Waals surface area contributed by atoms with Gasteiger partial charge in [0.25, 0.3) is 0 Å². The fraction of sp³-hybridized carbons (Fsp3) is 0.0370. The molecule has 2 nitrogen and oxygen atoms in total. The SMILES string of the molecule is Brc1ccc2cc(OCc3ccccc3)ccc2c1.Oc1ccc2cc(Br)ccc2c1. The van der Waals surface area contributed by atoms with Gasteiger partial charge in [-0.3, -0.25) is 0 Å². The van der Waals surface area contributed by atoms with Gasteiger partial charge in [0.05, 0.1) is 0 Å². The molecule has 154 valence electrons. The van der Waals surface area contributed by atoms with Gasteiger partial charge < -0.3 is 9.84 Å². The first-order chi connectivity index (χ1) is 15.1. The molecule has 0 amide bonds. The predicted octanol–water partition coefficient (Wildman–Crippen LogP) is 8.49. The van der Waals surface area contributed by atoms with E-state index >= 15 is 0 Å². The fourth-order valence-corrected chi connectivity index (χ4v) is 3.99. The molecule has 5 aromatic rings. The first-order valence-corrected chi connectivity index (χ1v) is 11.4. The lowest BCUT2D eigenvalue weighted by Crippen LogP contribution is -1.94. The molecule has 0 bridgehead atoms. The zero-order valence-electron chi connectivity index (χ0n) is 16.6. The van der Waals surface area contributed by atoms with Crippen molar-refractivity contribution in [3.63, 3.8) is 0 Å². The van der Waals surface area contributed by atoms with Crippen molar-refractivity contribution >= 4 is 53.4 Å². The molecule has 5 rings (SSSR count). The van der Waals surface area contributed by atoms with Crippen molar-refractivity contribution in [2.45, 2.75) is 6.61 Å². The Labute approximate surface area is 198 Å². The summed E-state index contributed by atoms with van der Waals surface area (Å²) in [5, 5.41) is 13.8. The van der Waals surface area contributed by atoms with Crippen LogP contribution in [-0.2, 0) is 6.61 Å². The summed E-state index contributed by atoms with van der Waals surface area (Å²) >= 11 is 6.87. The minimum Gasteiger partial charge on any atom is -0.508 e. The summed E-state index contributed by atoms with van der Waals surface area (Å²) in [6.45, 7) is 0.600. The molecular formula is C27H20Br2O2. The summed E-state index contributed by atoms with van der Waals surface area (Å²) in [7, 11) is 0. The van der Waals surface area contributed by atoms with Gasteiger partial charge in [0.1, 0.15) is 18.1 Å². The second kappa shape index (κ2) is 9.99. The molecule has 4 heteroatoms. The second-order valence-corrected chi connectivity index (χ2v) is 8.93. The normalized spacial score (nSPS) is 10.5. The van der Waals surface area contributed by atoms with Gasteiger partial charge >= 0.3 is 0 Å². The molecule has 0 spiro atoms. The average Bonchev–Trinajstić information content (AvgIpc) is 2.79. The third-order valence-electron chi connectivity index (χ3n) is 4.81. The van der Waals surface area contributed by atoms with Crippen LogP contribution in [0.25, 0.3) is 21.5 Å². The van der Waals surface area contributed by atoms with Gasteiger partial charge in [0.15, 0.2) is 0 Å². The predicted molar refractivity (Wildman–Crippen MR) is 136 cm³/mol. The molecule has 0 aliphatic rings. The van der Waals surface area contributed by atoms with E-state index < -0.39 is 0 Å². The molecule has 5 aromatic carbocycles. The quantitative estimate of drug-likeness (QED) is 0.251. The lowest BCUT2D eigenvalue weighted by Gasteiger charge is -2.07. The number of ether oxygens (including phenoxy) is 1. The summed E-state index contributed by atoms with van der Waals surface area (Å²) in [4.78, 5) is 0. The Morgan fingerprint density at radius 1 is 0.581 bits per heavy atom. The molecule has 0 saturated carbocycles. The first kappa shape index (κ1) is 21.4. The van der Waals surface area contributed by atoms with Gasteiger partial charge in [-0.2, -0.15) is 0 Å². The van der Waals surface area contributed by atoms with Gasteiger partial charge in [0, 0.05) is 8.95 Å². The molecule has 0 atom stereocenters. The van der Waals surface area contributed by atoms with Gasteiger partial charge in [-0.1, -0.05) is 86.5 Å². The van der Waals surface area contributed by atoms with Crippen molar-refractivity contribution in [2.24, 2.45) is 0 Å². The Kier molecular flexibility index (Phi) is 6.90. The molecule has 0 fully saturated rings. The van der Waals surface area contributed by atoms with E-state index in [0.29, 0.717) is 12.4 Å². The van der Waals surface area contributed by atoms with Crippen LogP contribution in [0.5, 0.6) is 11.5 Å². The van der Waals surface area contributed by atoms with E-state index in [1.165, 1.54) is 16.3 Å². The Hall–Kier alpha value is -2.82. The Bertz CT molecular complexity index is 1280. The van der Waals surface area contributed by atoms with E-state index in [-0.39, 0.29) is 0 Å². The topological polar surface area (TPSA) is 29.5 Å². The summed E-state index contributed by atoms with van der Waals surface area (Å²) in [6.07, 6.45) is 0. The molecule has 0 heterocycles. The van der Waals surface area contributed by atoms with E-state index in [0.717, 1.165) is 25.5 Å². The van der Waals surface area contributed by atoms with Crippen LogP contribution in [0.2, 0.25) is 0 Å². The highest BCUT2D eigenvalue weighted by atomic mass is 79.9. The smallest absolute Gasteiger partial charge is 0.120 e. The van der Waals surface area contributed by atoms with Crippen molar-refractivity contribution in [3.8, 4) is 11.5 Å². The lowest BCUT2D eigenvalue weighted by atomic mass is 10.1. The fourth-order valence-electron chi connectivity index (χ4n) is 3.23. The van der Waals surface area contributed by atoms with Gasteiger partial charge in [-0.15, -0.1) is 0 Å². The third-order valence-corrected chi connectivity index (χ3v) is 5.79. The number of phenols is 1. The molecule has 31 heavy (non-hydrogen) atoms. The maximum absolute atomic E-state index is 9.19. The number of benzene rings is 5. The molecule has 0 aliphatic heterocycles. The molecule has 0 aliphatic carbocycles. The summed E-state index contributed by atoms with van der Waals surface area (Å²) in [6, 6.07) is 33.9. The van der Waals surface area contributed by atoms with Crippen molar-refractivity contribution in [1.82, 2.24) is 0 Å². The number of phenolic OH excluding ortho intramolecular Hbond substituents is 1. The van der Waals surface area contributed by atoms with Crippen LogP contribution in [0.1, 0.15) is 5.56 Å². The Morgan fingerprint density at radius 3 is 1.81 bits per heavy atom. The molecular weight excluding hydrogens is 516 g/mol. The number of hydrogen-bond donors (Lipinski definition) is 1. The minimum atomic E-state index is 0.310. The molecule has 0 saturated heterocycles. The number of aromatic hydroxyl groups is 1. The molecule has 0 radical (unpaired) electrons. The maximum atomic E-state index is 9.19. The summed E-state index contributed by atoms with van der Waals surface area (Å²) in [5.74, 6) is 1.21. The lowest BCUT2D eigenvalue weighted by molar-refractivity contribution is 0.306. The number of rotatable bonds is 3. The highest BCUT2D eigenvalue weighted by Gasteiger charge is 1.99. The second-order valence-electron chi connectivity index (χ2n) is 7.10. The highest BCUT2D eigenvalue weighted by Crippen LogP contribution is 2.25. The van der Waals surface area contributed by atoms with Crippen LogP contribution in [0.3, 0.4) is 0 Å². The summed E-state index contributed by atoms with van der Waals surface area (Å²) in [5.41, 5.74) is 1.18. The first-order valence-electron chi connectivity index (χ1n) is 9.81. The van der Waals surface area contributed by atoms with Crippen LogP contribution in [0, 0.1) is 0 Å². The van der Waals surface area contributed by atoms with Gasteiger partial charge in [0.2, 0.25) is 0 Å². The zero-order valence-corrected chi connectivity index (χ0v) is 19.8. The van der Waals surface area contributed by atoms with E-state index in [1.807, 2.05) is 54.6 Å². The number of fused-ring (bicyclic) bond motifs is 2. The van der Waals surface area contributed by atoms with E-state index in [4.69, 9.17) is 4.74 Å². The largest absolute Gasteiger partial charge is 0.508 e. The van der Waals surface area contributed by atoms with Gasteiger partial charge in [-0.25, -0.2) is 0 Å². The van der Waals surface area contributed by atoms with Crippen molar-refractivity contribution in [3.05, 3.63) is 118 Å². The zero-order chi connectivity index (χ0) is 21.6. The van der Waals surface area contributed by atoms with Crippen LogP contribution in [0.15, 0.2) is 112 Å². The molecule has 0 aromatic heterocycles. The number of halogens is 2. The Balaban J connectivity index is 0.000000166. The highest BCUT2D eigenvalue weighted by molar-refractivity contribution is 9.10. The molecule has 0 unspecified atom stereocenters. The van der Waals surface area contributed by atoms with Crippen LogP contribution in [-0.4, -0.2) is 5.11 Å². The van der Waals surface area contributed by atoms with E-state index in [2.05, 4.69) is 68.3 Å². The Morgan fingerprint density at radius 2 is 1.13 bits per heavy atom. The third kappa shape index (κ3) is 5.87.